The van der Waals surface area contributed by atoms with E-state index in [9.17, 15) is 22.4 Å². The van der Waals surface area contributed by atoms with Crippen LogP contribution >= 0.6 is 0 Å². The average molecular weight is 428 g/mol. The van der Waals surface area contributed by atoms with Crippen LogP contribution in [0.1, 0.15) is 0 Å². The van der Waals surface area contributed by atoms with Crippen LogP contribution in [-0.2, 0) is 10.0 Å². The van der Waals surface area contributed by atoms with Crippen molar-refractivity contribution in [2.45, 2.75) is 4.90 Å². The molecule has 0 unspecified atom stereocenters. The van der Waals surface area contributed by atoms with Crippen LogP contribution in [0.5, 0.6) is 5.75 Å². The first-order valence-corrected chi connectivity index (χ1v) is 10.0. The number of para-hydroxylation sites is 1. The highest BCUT2D eigenvalue weighted by Gasteiger charge is 2.21. The molecular formula is C20H13FN2O6S. The van der Waals surface area contributed by atoms with E-state index in [0.717, 1.165) is 18.2 Å². The van der Waals surface area contributed by atoms with Gasteiger partial charge in [0.05, 0.1) is 4.90 Å². The number of nitrogens with one attached hydrogen (secondary N) is 1. The van der Waals surface area contributed by atoms with E-state index in [2.05, 4.69) is 4.72 Å². The summed E-state index contributed by atoms with van der Waals surface area (Å²) in [7, 11) is -4.05. The smallest absolute Gasteiger partial charge is 0.410 e. The van der Waals surface area contributed by atoms with Crippen molar-refractivity contribution < 1.29 is 26.8 Å². The van der Waals surface area contributed by atoms with Gasteiger partial charge in [-0.1, -0.05) is 18.2 Å². The Balaban J connectivity index is 1.66. The SMILES string of the molecule is O=C(Oc1ccccc1)n1c(=O)oc2cc(S(=O)(=O)Nc3ccc(F)cc3)ccc21. The van der Waals surface area contributed by atoms with Crippen LogP contribution in [-0.4, -0.2) is 19.1 Å². The van der Waals surface area contributed by atoms with E-state index in [0.29, 0.717) is 4.57 Å². The van der Waals surface area contributed by atoms with Crippen molar-refractivity contribution in [2.24, 2.45) is 0 Å². The maximum atomic E-state index is 13.0. The first-order chi connectivity index (χ1) is 14.3. The van der Waals surface area contributed by atoms with Gasteiger partial charge in [0, 0.05) is 11.8 Å². The Kier molecular flexibility index (Phi) is 4.84. The topological polar surface area (TPSA) is 108 Å². The van der Waals surface area contributed by atoms with Gasteiger partial charge in [-0.15, -0.1) is 0 Å². The summed E-state index contributed by atoms with van der Waals surface area (Å²) >= 11 is 0. The Morgan fingerprint density at radius 2 is 1.70 bits per heavy atom. The van der Waals surface area contributed by atoms with Crippen molar-refractivity contribution in [1.82, 2.24) is 4.57 Å². The van der Waals surface area contributed by atoms with Gasteiger partial charge >= 0.3 is 11.8 Å². The van der Waals surface area contributed by atoms with Crippen molar-refractivity contribution >= 4 is 32.9 Å². The van der Waals surface area contributed by atoms with Gasteiger partial charge in [-0.25, -0.2) is 22.4 Å². The van der Waals surface area contributed by atoms with Gasteiger partial charge in [0.15, 0.2) is 5.58 Å². The highest BCUT2D eigenvalue weighted by Crippen LogP contribution is 2.22. The van der Waals surface area contributed by atoms with Gasteiger partial charge in [-0.2, -0.15) is 4.57 Å². The maximum absolute atomic E-state index is 13.0. The molecule has 0 atom stereocenters. The number of nitrogens with zero attached hydrogens (tertiary/aromatic N) is 1. The van der Waals surface area contributed by atoms with E-state index in [4.69, 9.17) is 9.15 Å². The van der Waals surface area contributed by atoms with Crippen molar-refractivity contribution in [3.05, 3.63) is 89.2 Å². The highest BCUT2D eigenvalue weighted by molar-refractivity contribution is 7.92. The number of halogens is 1. The zero-order valence-corrected chi connectivity index (χ0v) is 15.9. The van der Waals surface area contributed by atoms with E-state index in [-0.39, 0.29) is 27.4 Å². The molecule has 8 nitrogen and oxygen atoms in total. The molecule has 0 radical (unpaired) electrons. The summed E-state index contributed by atoms with van der Waals surface area (Å²) in [5, 5.41) is 0. The highest BCUT2D eigenvalue weighted by atomic mass is 32.2. The molecule has 4 rings (SSSR count). The summed E-state index contributed by atoms with van der Waals surface area (Å²) in [6.07, 6.45) is -0.995. The first-order valence-electron chi connectivity index (χ1n) is 8.55. The Hall–Kier alpha value is -3.92. The molecule has 0 saturated heterocycles. The van der Waals surface area contributed by atoms with Crippen LogP contribution < -0.4 is 15.2 Å². The standard InChI is InChI=1S/C20H13FN2O6S/c21-13-6-8-14(9-7-13)22-30(26,27)16-10-11-17-18(12-16)29-20(25)23(17)19(24)28-15-4-2-1-3-5-15/h1-12,22H. The molecule has 0 aliphatic carbocycles. The molecule has 152 valence electrons. The van der Waals surface area contributed by atoms with Crippen LogP contribution in [0.2, 0.25) is 0 Å². The molecule has 0 amide bonds. The predicted octanol–water partition coefficient (Wildman–Crippen LogP) is 3.58. The normalized spacial score (nSPS) is 11.4. The monoisotopic (exact) mass is 428 g/mol. The van der Waals surface area contributed by atoms with E-state index < -0.39 is 27.7 Å². The molecule has 1 heterocycles. The lowest BCUT2D eigenvalue weighted by Crippen LogP contribution is -2.26. The van der Waals surface area contributed by atoms with Crippen LogP contribution in [0.25, 0.3) is 11.1 Å². The second-order valence-electron chi connectivity index (χ2n) is 6.13. The van der Waals surface area contributed by atoms with Crippen LogP contribution in [0.4, 0.5) is 14.9 Å². The van der Waals surface area contributed by atoms with Crippen LogP contribution in [0.3, 0.4) is 0 Å². The lowest BCUT2D eigenvalue weighted by molar-refractivity contribution is 0.201. The molecule has 10 heteroatoms. The summed E-state index contributed by atoms with van der Waals surface area (Å²) in [6, 6.07) is 16.4. The predicted molar refractivity (Wildman–Crippen MR) is 106 cm³/mol. The van der Waals surface area contributed by atoms with Crippen molar-refractivity contribution in [2.75, 3.05) is 4.72 Å². The van der Waals surface area contributed by atoms with Crippen molar-refractivity contribution in [3.8, 4) is 5.75 Å². The lowest BCUT2D eigenvalue weighted by atomic mass is 10.3. The van der Waals surface area contributed by atoms with E-state index in [1.165, 1.54) is 36.4 Å². The number of carbonyl (C=O) groups is 1. The average Bonchev–Trinajstić information content (AvgIpc) is 3.05. The fraction of sp³-hybridized carbons (Fsp3) is 0. The number of sulfonamides is 1. The van der Waals surface area contributed by atoms with E-state index >= 15 is 0 Å². The number of oxazole rings is 1. The van der Waals surface area contributed by atoms with Gasteiger partial charge in [0.1, 0.15) is 17.1 Å². The van der Waals surface area contributed by atoms with E-state index in [1.54, 1.807) is 18.2 Å². The molecule has 0 aliphatic rings. The van der Waals surface area contributed by atoms with Crippen LogP contribution in [0, 0.1) is 5.82 Å². The Morgan fingerprint density at radius 3 is 2.40 bits per heavy atom. The minimum Gasteiger partial charge on any atom is -0.410 e. The summed E-state index contributed by atoms with van der Waals surface area (Å²) < 4.78 is 51.3. The maximum Gasteiger partial charge on any atom is 0.429 e. The first kappa shape index (κ1) is 19.4. The number of hydrogen-bond acceptors (Lipinski definition) is 6. The van der Waals surface area contributed by atoms with Crippen LogP contribution in [0.15, 0.2) is 86.9 Å². The molecular weight excluding hydrogens is 415 g/mol. The number of benzene rings is 3. The third-order valence-electron chi connectivity index (χ3n) is 4.09. The molecule has 0 fully saturated rings. The fourth-order valence-corrected chi connectivity index (χ4v) is 3.78. The van der Waals surface area contributed by atoms with Gasteiger partial charge in [-0.05, 0) is 48.5 Å². The minimum atomic E-state index is -4.05. The number of rotatable bonds is 4. The second-order valence-corrected chi connectivity index (χ2v) is 7.81. The molecule has 0 spiro atoms. The molecule has 0 saturated carbocycles. The zero-order valence-electron chi connectivity index (χ0n) is 15.1. The summed E-state index contributed by atoms with van der Waals surface area (Å²) in [5.74, 6) is -1.30. The Morgan fingerprint density at radius 1 is 1.00 bits per heavy atom. The van der Waals surface area contributed by atoms with Crippen molar-refractivity contribution in [1.29, 1.82) is 0 Å². The van der Waals surface area contributed by atoms with E-state index in [1.807, 2.05) is 0 Å². The quantitative estimate of drug-likeness (QED) is 0.532. The summed E-state index contributed by atoms with van der Waals surface area (Å²) in [4.78, 5) is 24.3. The second kappa shape index (κ2) is 7.48. The number of ether oxygens (including phenoxy) is 1. The van der Waals surface area contributed by atoms with Gasteiger partial charge in [0.25, 0.3) is 10.0 Å². The summed E-state index contributed by atoms with van der Waals surface area (Å²) in [5.41, 5.74) is 0.0793. The number of anilines is 1. The summed E-state index contributed by atoms with van der Waals surface area (Å²) in [6.45, 7) is 0. The number of aromatic nitrogens is 1. The molecule has 30 heavy (non-hydrogen) atoms. The Labute approximate surface area is 169 Å². The number of hydrogen-bond donors (Lipinski definition) is 1. The zero-order chi connectivity index (χ0) is 21.3. The molecule has 0 aliphatic heterocycles. The fourth-order valence-electron chi connectivity index (χ4n) is 2.71. The van der Waals surface area contributed by atoms with Gasteiger partial charge in [-0.3, -0.25) is 4.72 Å². The lowest BCUT2D eigenvalue weighted by Gasteiger charge is -2.08. The van der Waals surface area contributed by atoms with Gasteiger partial charge in [0.2, 0.25) is 0 Å². The minimum absolute atomic E-state index is 0.0432. The largest absolute Gasteiger partial charge is 0.429 e. The molecule has 1 N–H and O–H groups in total. The molecule has 4 aromatic rings. The number of carbonyl (C=O) groups excluding carboxylic acids is 1. The number of fused-ring (bicyclic) bond motifs is 1. The van der Waals surface area contributed by atoms with Gasteiger partial charge < -0.3 is 9.15 Å². The molecule has 0 bridgehead atoms. The molecule has 3 aromatic carbocycles. The third-order valence-corrected chi connectivity index (χ3v) is 5.47. The Bertz CT molecular complexity index is 1390. The van der Waals surface area contributed by atoms with Crippen molar-refractivity contribution in [3.63, 3.8) is 0 Å². The molecule has 1 aromatic heterocycles. The third kappa shape index (κ3) is 3.80.